The SMILES string of the molecule is Cc1nc(-c2ccc(C(F)(F)F)cn2)n(C)n1. The Labute approximate surface area is 95.1 Å². The highest BCUT2D eigenvalue weighted by molar-refractivity contribution is 5.49. The van der Waals surface area contributed by atoms with E-state index >= 15 is 0 Å². The standard InChI is InChI=1S/C10H9F3N4/c1-6-15-9(17(2)16-6)8-4-3-7(5-14-8)10(11,12)13/h3-5H,1-2H3. The quantitative estimate of drug-likeness (QED) is 0.770. The van der Waals surface area contributed by atoms with Crippen LogP contribution in [0.5, 0.6) is 0 Å². The van der Waals surface area contributed by atoms with Gasteiger partial charge in [-0.15, -0.1) is 0 Å². The minimum Gasteiger partial charge on any atom is -0.252 e. The molecular weight excluding hydrogens is 233 g/mol. The third-order valence-electron chi connectivity index (χ3n) is 2.19. The molecule has 0 saturated carbocycles. The van der Waals surface area contributed by atoms with Gasteiger partial charge in [0.05, 0.1) is 5.56 Å². The molecule has 7 heteroatoms. The van der Waals surface area contributed by atoms with Crippen LogP contribution in [0.3, 0.4) is 0 Å². The third kappa shape index (κ3) is 2.27. The van der Waals surface area contributed by atoms with Gasteiger partial charge in [-0.05, 0) is 19.1 Å². The Morgan fingerprint density at radius 3 is 2.35 bits per heavy atom. The maximum atomic E-state index is 12.3. The van der Waals surface area contributed by atoms with Gasteiger partial charge in [-0.2, -0.15) is 18.3 Å². The molecule has 0 spiro atoms. The van der Waals surface area contributed by atoms with Crippen LogP contribution in [0.1, 0.15) is 11.4 Å². The molecule has 0 atom stereocenters. The van der Waals surface area contributed by atoms with Gasteiger partial charge >= 0.3 is 6.18 Å². The Bertz CT molecular complexity index is 527. The van der Waals surface area contributed by atoms with Crippen LogP contribution in [-0.4, -0.2) is 19.7 Å². The monoisotopic (exact) mass is 242 g/mol. The molecular formula is C10H9F3N4. The minimum atomic E-state index is -4.37. The predicted octanol–water partition coefficient (Wildman–Crippen LogP) is 2.20. The number of halogens is 3. The van der Waals surface area contributed by atoms with Gasteiger partial charge in [0, 0.05) is 13.2 Å². The van der Waals surface area contributed by atoms with E-state index < -0.39 is 11.7 Å². The van der Waals surface area contributed by atoms with E-state index in [1.807, 2.05) is 0 Å². The maximum absolute atomic E-state index is 12.3. The second-order valence-corrected chi connectivity index (χ2v) is 3.54. The van der Waals surface area contributed by atoms with Crippen LogP contribution in [0, 0.1) is 6.92 Å². The molecule has 0 unspecified atom stereocenters. The normalized spacial score (nSPS) is 11.8. The van der Waals surface area contributed by atoms with Crippen molar-refractivity contribution in [2.24, 2.45) is 7.05 Å². The molecule has 4 nitrogen and oxygen atoms in total. The van der Waals surface area contributed by atoms with E-state index in [0.29, 0.717) is 17.3 Å². The Kier molecular flexibility index (Phi) is 2.60. The largest absolute Gasteiger partial charge is 0.417 e. The summed E-state index contributed by atoms with van der Waals surface area (Å²) >= 11 is 0. The molecule has 0 aliphatic carbocycles. The summed E-state index contributed by atoms with van der Waals surface area (Å²) < 4.78 is 38.5. The second-order valence-electron chi connectivity index (χ2n) is 3.54. The van der Waals surface area contributed by atoms with Crippen LogP contribution in [0.4, 0.5) is 13.2 Å². The lowest BCUT2D eigenvalue weighted by molar-refractivity contribution is -0.137. The molecule has 0 aromatic carbocycles. The number of hydrogen-bond acceptors (Lipinski definition) is 3. The van der Waals surface area contributed by atoms with Crippen molar-refractivity contribution in [2.75, 3.05) is 0 Å². The summed E-state index contributed by atoms with van der Waals surface area (Å²) in [5.41, 5.74) is -0.416. The average Bonchev–Trinajstić information content (AvgIpc) is 2.57. The Balaban J connectivity index is 2.39. The first-order chi connectivity index (χ1) is 7.88. The number of aryl methyl sites for hydroxylation is 2. The summed E-state index contributed by atoms with van der Waals surface area (Å²) in [5, 5.41) is 4.00. The second kappa shape index (κ2) is 3.83. The Morgan fingerprint density at radius 2 is 1.94 bits per heavy atom. The van der Waals surface area contributed by atoms with Gasteiger partial charge in [-0.1, -0.05) is 0 Å². The van der Waals surface area contributed by atoms with Crippen molar-refractivity contribution in [1.82, 2.24) is 19.7 Å². The number of nitrogens with zero attached hydrogens (tertiary/aromatic N) is 4. The topological polar surface area (TPSA) is 43.6 Å². The fourth-order valence-corrected chi connectivity index (χ4v) is 1.43. The lowest BCUT2D eigenvalue weighted by atomic mass is 10.2. The van der Waals surface area contributed by atoms with Crippen molar-refractivity contribution in [2.45, 2.75) is 13.1 Å². The van der Waals surface area contributed by atoms with Crippen LogP contribution >= 0.6 is 0 Å². The van der Waals surface area contributed by atoms with Crippen molar-refractivity contribution in [1.29, 1.82) is 0 Å². The van der Waals surface area contributed by atoms with Crippen molar-refractivity contribution < 1.29 is 13.2 Å². The summed E-state index contributed by atoms with van der Waals surface area (Å²) in [5.74, 6) is 0.987. The first kappa shape index (κ1) is 11.6. The summed E-state index contributed by atoms with van der Waals surface area (Å²) in [6.45, 7) is 1.70. The Morgan fingerprint density at radius 1 is 1.24 bits per heavy atom. The molecule has 2 heterocycles. The molecule has 0 aliphatic rings. The molecule has 0 aliphatic heterocycles. The van der Waals surface area contributed by atoms with Crippen LogP contribution in [0.25, 0.3) is 11.5 Å². The van der Waals surface area contributed by atoms with Crippen molar-refractivity contribution in [3.63, 3.8) is 0 Å². The summed E-state index contributed by atoms with van der Waals surface area (Å²) in [4.78, 5) is 7.83. The lowest BCUT2D eigenvalue weighted by Gasteiger charge is -2.06. The predicted molar refractivity (Wildman–Crippen MR) is 54.0 cm³/mol. The van der Waals surface area contributed by atoms with Crippen LogP contribution < -0.4 is 0 Å². The van der Waals surface area contributed by atoms with Gasteiger partial charge in [-0.3, -0.25) is 4.98 Å². The highest BCUT2D eigenvalue weighted by Gasteiger charge is 2.30. The molecule has 0 bridgehead atoms. The van der Waals surface area contributed by atoms with Crippen LogP contribution in [-0.2, 0) is 13.2 Å². The van der Waals surface area contributed by atoms with Gasteiger partial charge in [-0.25, -0.2) is 9.67 Å². The Hall–Kier alpha value is -1.92. The summed E-state index contributed by atoms with van der Waals surface area (Å²) in [6, 6.07) is 2.26. The molecule has 2 aromatic rings. The van der Waals surface area contributed by atoms with Gasteiger partial charge < -0.3 is 0 Å². The lowest BCUT2D eigenvalue weighted by Crippen LogP contribution is -2.05. The molecule has 2 rings (SSSR count). The first-order valence-electron chi connectivity index (χ1n) is 4.79. The van der Waals surface area contributed by atoms with Crippen LogP contribution in [0.2, 0.25) is 0 Å². The molecule has 0 fully saturated rings. The van der Waals surface area contributed by atoms with E-state index in [-0.39, 0.29) is 0 Å². The van der Waals surface area contributed by atoms with Gasteiger partial charge in [0.2, 0.25) is 0 Å². The van der Waals surface area contributed by atoms with Crippen molar-refractivity contribution in [3.8, 4) is 11.5 Å². The molecule has 0 amide bonds. The molecule has 17 heavy (non-hydrogen) atoms. The first-order valence-corrected chi connectivity index (χ1v) is 4.79. The van der Waals surface area contributed by atoms with Gasteiger partial charge in [0.15, 0.2) is 5.82 Å². The summed E-state index contributed by atoms with van der Waals surface area (Å²) in [6.07, 6.45) is -3.58. The van der Waals surface area contributed by atoms with E-state index in [4.69, 9.17) is 0 Å². The van der Waals surface area contributed by atoms with Gasteiger partial charge in [0.1, 0.15) is 11.5 Å². The van der Waals surface area contributed by atoms with Crippen molar-refractivity contribution >= 4 is 0 Å². The smallest absolute Gasteiger partial charge is 0.252 e. The van der Waals surface area contributed by atoms with E-state index in [9.17, 15) is 13.2 Å². The van der Waals surface area contributed by atoms with Gasteiger partial charge in [0.25, 0.3) is 0 Å². The minimum absolute atomic E-state index is 0.362. The fourth-order valence-electron chi connectivity index (χ4n) is 1.43. The van der Waals surface area contributed by atoms with E-state index in [1.165, 1.54) is 10.7 Å². The zero-order valence-corrected chi connectivity index (χ0v) is 9.15. The number of hydrogen-bond donors (Lipinski definition) is 0. The molecule has 2 aromatic heterocycles. The fraction of sp³-hybridized carbons (Fsp3) is 0.300. The molecule has 0 saturated heterocycles. The van der Waals surface area contributed by atoms with E-state index in [1.54, 1.807) is 14.0 Å². The molecule has 0 radical (unpaired) electrons. The zero-order chi connectivity index (χ0) is 12.6. The van der Waals surface area contributed by atoms with E-state index in [2.05, 4.69) is 15.1 Å². The highest BCUT2D eigenvalue weighted by Crippen LogP contribution is 2.29. The number of pyridine rings is 1. The van der Waals surface area contributed by atoms with Crippen molar-refractivity contribution in [3.05, 3.63) is 29.7 Å². The zero-order valence-electron chi connectivity index (χ0n) is 9.15. The maximum Gasteiger partial charge on any atom is 0.417 e. The molecule has 0 N–H and O–H groups in total. The number of alkyl halides is 3. The third-order valence-corrected chi connectivity index (χ3v) is 2.19. The number of aromatic nitrogens is 4. The van der Waals surface area contributed by atoms with E-state index in [0.717, 1.165) is 12.3 Å². The average molecular weight is 242 g/mol. The summed E-state index contributed by atoms with van der Waals surface area (Å²) in [7, 11) is 1.66. The highest BCUT2D eigenvalue weighted by atomic mass is 19.4. The molecule has 90 valence electrons. The van der Waals surface area contributed by atoms with Crippen LogP contribution in [0.15, 0.2) is 18.3 Å². The number of rotatable bonds is 1.